The Labute approximate surface area is 171 Å². The van der Waals surface area contributed by atoms with Gasteiger partial charge in [-0.25, -0.2) is 9.97 Å². The van der Waals surface area contributed by atoms with E-state index in [2.05, 4.69) is 20.0 Å². The van der Waals surface area contributed by atoms with E-state index in [9.17, 15) is 22.8 Å². The molecule has 0 bridgehead atoms. The summed E-state index contributed by atoms with van der Waals surface area (Å²) in [6.45, 7) is 1.64. The highest BCUT2D eigenvalue weighted by Crippen LogP contribution is 2.33. The lowest BCUT2D eigenvalue weighted by molar-refractivity contribution is -0.140. The smallest absolute Gasteiger partial charge is 0.416 e. The number of amides is 1. The molecular weight excluding hydrogens is 427 g/mol. The van der Waals surface area contributed by atoms with Crippen LogP contribution in [0.5, 0.6) is 0 Å². The Balaban J connectivity index is 1.74. The van der Waals surface area contributed by atoms with E-state index in [1.54, 1.807) is 12.3 Å². The van der Waals surface area contributed by atoms with Gasteiger partial charge >= 0.3 is 12.1 Å². The standard InChI is InChI=1S/C18H14F3N3O3S2/c1-9-14(15(26)24-17-23-12(8-28-17)7-13(25)27-2)29-16(22-9)10-3-5-11(6-4-10)18(19,20)21/h3-6,8H,7H2,1-2H3,(H,23,24,26). The zero-order valence-corrected chi connectivity index (χ0v) is 16.8. The van der Waals surface area contributed by atoms with E-state index in [0.29, 0.717) is 32.0 Å². The minimum absolute atomic E-state index is 0.000521. The summed E-state index contributed by atoms with van der Waals surface area (Å²) >= 11 is 2.24. The Morgan fingerprint density at radius 1 is 1.17 bits per heavy atom. The summed E-state index contributed by atoms with van der Waals surface area (Å²) in [5.74, 6) is -0.871. The van der Waals surface area contributed by atoms with Gasteiger partial charge in [0.15, 0.2) is 5.13 Å². The molecule has 0 unspecified atom stereocenters. The van der Waals surface area contributed by atoms with Crippen molar-refractivity contribution in [2.24, 2.45) is 0 Å². The van der Waals surface area contributed by atoms with Crippen LogP contribution in [0.25, 0.3) is 10.6 Å². The number of thiazole rings is 2. The molecule has 0 atom stereocenters. The number of halogens is 3. The number of aryl methyl sites for hydroxylation is 1. The number of hydrogen-bond donors (Lipinski definition) is 1. The molecule has 0 aliphatic carbocycles. The van der Waals surface area contributed by atoms with E-state index in [0.717, 1.165) is 34.8 Å². The number of hydrogen-bond acceptors (Lipinski definition) is 7. The number of anilines is 1. The summed E-state index contributed by atoms with van der Waals surface area (Å²) in [6.07, 6.45) is -4.41. The molecule has 0 aliphatic heterocycles. The van der Waals surface area contributed by atoms with Crippen molar-refractivity contribution in [1.29, 1.82) is 0 Å². The van der Waals surface area contributed by atoms with E-state index in [-0.39, 0.29) is 6.42 Å². The Morgan fingerprint density at radius 2 is 1.86 bits per heavy atom. The lowest BCUT2D eigenvalue weighted by Crippen LogP contribution is -2.11. The van der Waals surface area contributed by atoms with Crippen molar-refractivity contribution in [3.05, 3.63) is 51.5 Å². The summed E-state index contributed by atoms with van der Waals surface area (Å²) in [4.78, 5) is 32.6. The third-order valence-electron chi connectivity index (χ3n) is 3.79. The highest BCUT2D eigenvalue weighted by molar-refractivity contribution is 7.17. The van der Waals surface area contributed by atoms with Crippen LogP contribution in [-0.2, 0) is 22.1 Å². The molecule has 0 aliphatic rings. The molecule has 3 rings (SSSR count). The Morgan fingerprint density at radius 3 is 2.48 bits per heavy atom. The van der Waals surface area contributed by atoms with Crippen LogP contribution in [-0.4, -0.2) is 29.0 Å². The molecular formula is C18H14F3N3O3S2. The fraction of sp³-hybridized carbons (Fsp3) is 0.222. The second kappa shape index (κ2) is 8.29. The number of nitrogens with one attached hydrogen (secondary N) is 1. The van der Waals surface area contributed by atoms with Gasteiger partial charge in [-0.2, -0.15) is 13.2 Å². The van der Waals surface area contributed by atoms with Gasteiger partial charge in [0, 0.05) is 10.9 Å². The van der Waals surface area contributed by atoms with Gasteiger partial charge in [-0.3, -0.25) is 14.9 Å². The lowest BCUT2D eigenvalue weighted by Gasteiger charge is -2.06. The van der Waals surface area contributed by atoms with Crippen LogP contribution >= 0.6 is 22.7 Å². The minimum atomic E-state index is -4.41. The van der Waals surface area contributed by atoms with E-state index in [1.165, 1.54) is 19.2 Å². The summed E-state index contributed by atoms with van der Waals surface area (Å²) in [5.41, 5.74) is 0.663. The highest BCUT2D eigenvalue weighted by Gasteiger charge is 2.30. The van der Waals surface area contributed by atoms with Gasteiger partial charge in [0.1, 0.15) is 9.88 Å². The molecule has 0 spiro atoms. The van der Waals surface area contributed by atoms with Gasteiger partial charge < -0.3 is 4.74 Å². The second-order valence-corrected chi connectivity index (χ2v) is 7.72. The summed E-state index contributed by atoms with van der Waals surface area (Å²) in [5, 5.41) is 5.04. The van der Waals surface area contributed by atoms with Gasteiger partial charge in [-0.1, -0.05) is 12.1 Å². The van der Waals surface area contributed by atoms with Crippen LogP contribution in [0.4, 0.5) is 18.3 Å². The first-order valence-electron chi connectivity index (χ1n) is 8.15. The van der Waals surface area contributed by atoms with Crippen molar-refractivity contribution in [3.8, 4) is 10.6 Å². The Kier molecular flexibility index (Phi) is 5.99. The lowest BCUT2D eigenvalue weighted by atomic mass is 10.1. The monoisotopic (exact) mass is 441 g/mol. The van der Waals surface area contributed by atoms with Crippen molar-refractivity contribution in [3.63, 3.8) is 0 Å². The third kappa shape index (κ3) is 4.98. The number of carbonyl (C=O) groups excluding carboxylic acids is 2. The maximum atomic E-state index is 12.7. The predicted octanol–water partition coefficient (Wildman–Crippen LogP) is 4.56. The fourth-order valence-electron chi connectivity index (χ4n) is 2.35. The molecule has 0 saturated carbocycles. The Hall–Kier alpha value is -2.79. The molecule has 1 aromatic carbocycles. The average molecular weight is 441 g/mol. The first-order chi connectivity index (χ1) is 13.7. The number of aromatic nitrogens is 2. The van der Waals surface area contributed by atoms with Gasteiger partial charge in [-0.15, -0.1) is 22.7 Å². The number of esters is 1. The van der Waals surface area contributed by atoms with E-state index in [1.807, 2.05) is 0 Å². The van der Waals surface area contributed by atoms with Crippen LogP contribution < -0.4 is 5.32 Å². The number of benzene rings is 1. The van der Waals surface area contributed by atoms with Crippen LogP contribution in [0.1, 0.15) is 26.6 Å². The van der Waals surface area contributed by atoms with Crippen molar-refractivity contribution < 1.29 is 27.5 Å². The van der Waals surface area contributed by atoms with Crippen LogP contribution in [0, 0.1) is 6.92 Å². The molecule has 29 heavy (non-hydrogen) atoms. The van der Waals surface area contributed by atoms with E-state index >= 15 is 0 Å². The topological polar surface area (TPSA) is 81.2 Å². The SMILES string of the molecule is COC(=O)Cc1csc(NC(=O)c2sc(-c3ccc(C(F)(F)F)cc3)nc2C)n1. The second-order valence-electron chi connectivity index (χ2n) is 5.86. The van der Waals surface area contributed by atoms with Crippen molar-refractivity contribution >= 4 is 39.7 Å². The summed E-state index contributed by atoms with van der Waals surface area (Å²) in [7, 11) is 1.28. The number of alkyl halides is 3. The first kappa shape index (κ1) is 20.9. The molecule has 6 nitrogen and oxygen atoms in total. The number of rotatable bonds is 5. The number of methoxy groups -OCH3 is 1. The molecule has 2 heterocycles. The van der Waals surface area contributed by atoms with Crippen molar-refractivity contribution in [2.75, 3.05) is 12.4 Å². The van der Waals surface area contributed by atoms with Crippen molar-refractivity contribution in [1.82, 2.24) is 9.97 Å². The molecule has 1 N–H and O–H groups in total. The van der Waals surface area contributed by atoms with Gasteiger partial charge in [0.25, 0.3) is 5.91 Å². The van der Waals surface area contributed by atoms with E-state index < -0.39 is 23.6 Å². The number of carbonyl (C=O) groups is 2. The van der Waals surface area contributed by atoms with Crippen LogP contribution in [0.3, 0.4) is 0 Å². The molecule has 0 radical (unpaired) electrons. The maximum absolute atomic E-state index is 12.7. The average Bonchev–Trinajstić information content (AvgIpc) is 3.27. The highest BCUT2D eigenvalue weighted by atomic mass is 32.1. The third-order valence-corrected chi connectivity index (χ3v) is 5.80. The van der Waals surface area contributed by atoms with Crippen LogP contribution in [0.2, 0.25) is 0 Å². The summed E-state index contributed by atoms with van der Waals surface area (Å²) in [6, 6.07) is 4.60. The largest absolute Gasteiger partial charge is 0.469 e. The fourth-order valence-corrected chi connectivity index (χ4v) is 4.02. The number of ether oxygens (including phenoxy) is 1. The summed E-state index contributed by atoms with van der Waals surface area (Å²) < 4.78 is 42.7. The van der Waals surface area contributed by atoms with Gasteiger partial charge in [-0.05, 0) is 19.1 Å². The molecule has 0 saturated heterocycles. The first-order valence-corrected chi connectivity index (χ1v) is 9.84. The molecule has 0 fully saturated rings. The Bertz CT molecular complexity index is 1040. The normalized spacial score (nSPS) is 11.3. The maximum Gasteiger partial charge on any atom is 0.416 e. The van der Waals surface area contributed by atoms with Crippen LogP contribution in [0.15, 0.2) is 29.6 Å². The minimum Gasteiger partial charge on any atom is -0.469 e. The molecule has 1 amide bonds. The number of nitrogens with zero attached hydrogens (tertiary/aromatic N) is 2. The molecule has 11 heteroatoms. The van der Waals surface area contributed by atoms with Gasteiger partial charge in [0.05, 0.1) is 30.5 Å². The van der Waals surface area contributed by atoms with Crippen molar-refractivity contribution in [2.45, 2.75) is 19.5 Å². The zero-order valence-electron chi connectivity index (χ0n) is 15.2. The molecule has 2 aromatic heterocycles. The van der Waals surface area contributed by atoms with E-state index in [4.69, 9.17) is 0 Å². The molecule has 3 aromatic rings. The molecule has 152 valence electrons. The van der Waals surface area contributed by atoms with Gasteiger partial charge in [0.2, 0.25) is 0 Å². The predicted molar refractivity (Wildman–Crippen MR) is 103 cm³/mol. The zero-order chi connectivity index (χ0) is 21.2. The quantitative estimate of drug-likeness (QED) is 0.587.